The molecular formula is C18H22N6OS. The number of hydrogen-bond donors (Lipinski definition) is 2. The van der Waals surface area contributed by atoms with Gasteiger partial charge in [-0.2, -0.15) is 5.10 Å². The van der Waals surface area contributed by atoms with Crippen molar-refractivity contribution < 1.29 is 4.79 Å². The zero-order valence-electron chi connectivity index (χ0n) is 15.5. The molecular weight excluding hydrogens is 348 g/mol. The standard InChI is InChI=1S/C18H22N6OS/c1-10(16-11(2)26-13(4)20-16)24(5)18(25)21-15-8-6-14(7-9-15)17-19-12(3)22-23-17/h6-10H,1-5H3,(H,21,25)(H,19,22,23)/t10-/m0/s1. The van der Waals surface area contributed by atoms with Crippen molar-refractivity contribution in [3.05, 3.63) is 45.7 Å². The lowest BCUT2D eigenvalue weighted by Gasteiger charge is -2.24. The molecule has 2 heterocycles. The summed E-state index contributed by atoms with van der Waals surface area (Å²) in [6.45, 7) is 7.85. The number of rotatable bonds is 4. The second kappa shape index (κ2) is 7.25. The van der Waals surface area contributed by atoms with Crippen molar-refractivity contribution in [1.29, 1.82) is 0 Å². The number of aromatic amines is 1. The fourth-order valence-corrected chi connectivity index (χ4v) is 3.59. The van der Waals surface area contributed by atoms with Crippen molar-refractivity contribution in [2.75, 3.05) is 12.4 Å². The number of aromatic nitrogens is 4. The van der Waals surface area contributed by atoms with Crippen molar-refractivity contribution in [3.63, 3.8) is 0 Å². The number of carbonyl (C=O) groups is 1. The van der Waals surface area contributed by atoms with Crippen molar-refractivity contribution >= 4 is 23.1 Å². The van der Waals surface area contributed by atoms with Crippen molar-refractivity contribution in [1.82, 2.24) is 25.1 Å². The Morgan fingerprint density at radius 2 is 1.88 bits per heavy atom. The second-order valence-corrected chi connectivity index (χ2v) is 7.62. The molecule has 0 saturated carbocycles. The Morgan fingerprint density at radius 1 is 1.19 bits per heavy atom. The monoisotopic (exact) mass is 370 g/mol. The van der Waals surface area contributed by atoms with Crippen LogP contribution in [-0.2, 0) is 0 Å². The number of H-pyrrole nitrogens is 1. The van der Waals surface area contributed by atoms with Crippen molar-refractivity contribution in [2.24, 2.45) is 0 Å². The van der Waals surface area contributed by atoms with Gasteiger partial charge in [0, 0.05) is 23.2 Å². The first-order chi connectivity index (χ1) is 12.3. The molecule has 0 spiro atoms. The van der Waals surface area contributed by atoms with Gasteiger partial charge >= 0.3 is 6.03 Å². The summed E-state index contributed by atoms with van der Waals surface area (Å²) in [5.41, 5.74) is 2.55. The molecule has 0 fully saturated rings. The lowest BCUT2D eigenvalue weighted by Crippen LogP contribution is -2.34. The van der Waals surface area contributed by atoms with Gasteiger partial charge in [-0.05, 0) is 52.0 Å². The topological polar surface area (TPSA) is 86.8 Å². The molecule has 0 radical (unpaired) electrons. The van der Waals surface area contributed by atoms with E-state index in [2.05, 4.69) is 25.5 Å². The number of anilines is 1. The molecule has 0 aliphatic rings. The van der Waals surface area contributed by atoms with Crippen LogP contribution in [0.15, 0.2) is 24.3 Å². The third kappa shape index (κ3) is 3.75. The van der Waals surface area contributed by atoms with Crippen LogP contribution in [0.25, 0.3) is 11.4 Å². The van der Waals surface area contributed by atoms with E-state index >= 15 is 0 Å². The first kappa shape index (κ1) is 18.1. The first-order valence-electron chi connectivity index (χ1n) is 8.32. The highest BCUT2D eigenvalue weighted by molar-refractivity contribution is 7.11. The number of nitrogens with zero attached hydrogens (tertiary/aromatic N) is 4. The Labute approximate surface area is 156 Å². The molecule has 2 amide bonds. The average molecular weight is 370 g/mol. The molecule has 0 saturated heterocycles. The number of hydrogen-bond acceptors (Lipinski definition) is 5. The summed E-state index contributed by atoms with van der Waals surface area (Å²) in [6, 6.07) is 7.18. The molecule has 0 aliphatic heterocycles. The highest BCUT2D eigenvalue weighted by Crippen LogP contribution is 2.26. The Kier molecular flexibility index (Phi) is 5.03. The van der Waals surface area contributed by atoms with Crippen LogP contribution in [0.4, 0.5) is 10.5 Å². The molecule has 1 atom stereocenters. The van der Waals surface area contributed by atoms with E-state index in [0.717, 1.165) is 32.7 Å². The van der Waals surface area contributed by atoms with E-state index in [1.807, 2.05) is 52.0 Å². The second-order valence-electron chi connectivity index (χ2n) is 6.21. The number of carbonyl (C=O) groups excluding carboxylic acids is 1. The smallest absolute Gasteiger partial charge is 0.319 e. The minimum atomic E-state index is -0.177. The Morgan fingerprint density at radius 3 is 2.42 bits per heavy atom. The van der Waals surface area contributed by atoms with Gasteiger partial charge in [-0.15, -0.1) is 11.3 Å². The van der Waals surface area contributed by atoms with E-state index in [4.69, 9.17) is 0 Å². The van der Waals surface area contributed by atoms with E-state index in [0.29, 0.717) is 5.82 Å². The SMILES string of the molecule is Cc1nc(-c2ccc(NC(=O)N(C)[C@@H](C)c3nc(C)sc3C)cc2)n[nH]1. The number of nitrogens with one attached hydrogen (secondary N) is 2. The van der Waals surface area contributed by atoms with Crippen LogP contribution in [0.1, 0.15) is 34.4 Å². The van der Waals surface area contributed by atoms with Crippen molar-refractivity contribution in [2.45, 2.75) is 33.7 Å². The molecule has 0 aliphatic carbocycles. The van der Waals surface area contributed by atoms with Gasteiger partial charge in [0.15, 0.2) is 5.82 Å². The van der Waals surface area contributed by atoms with Gasteiger partial charge in [0.1, 0.15) is 5.82 Å². The van der Waals surface area contributed by atoms with Crippen LogP contribution < -0.4 is 5.32 Å². The molecule has 26 heavy (non-hydrogen) atoms. The van der Waals surface area contributed by atoms with E-state index in [1.54, 1.807) is 23.3 Å². The first-order valence-corrected chi connectivity index (χ1v) is 9.14. The zero-order chi connectivity index (χ0) is 18.8. The van der Waals surface area contributed by atoms with Crippen LogP contribution in [0, 0.1) is 20.8 Å². The van der Waals surface area contributed by atoms with Crippen LogP contribution in [0.5, 0.6) is 0 Å². The summed E-state index contributed by atoms with van der Waals surface area (Å²) >= 11 is 1.65. The number of benzene rings is 1. The van der Waals surface area contributed by atoms with Gasteiger partial charge in [-0.1, -0.05) is 0 Å². The van der Waals surface area contributed by atoms with Crippen molar-refractivity contribution in [3.8, 4) is 11.4 Å². The summed E-state index contributed by atoms with van der Waals surface area (Å²) < 4.78 is 0. The highest BCUT2D eigenvalue weighted by atomic mass is 32.1. The normalized spacial score (nSPS) is 12.0. The Hall–Kier alpha value is -2.74. The predicted octanol–water partition coefficient (Wildman–Crippen LogP) is 4.08. The molecule has 136 valence electrons. The highest BCUT2D eigenvalue weighted by Gasteiger charge is 2.21. The molecule has 0 unspecified atom stereocenters. The van der Waals surface area contributed by atoms with E-state index in [9.17, 15) is 4.79 Å². The Balaban J connectivity index is 1.68. The third-order valence-corrected chi connectivity index (χ3v) is 5.13. The maximum Gasteiger partial charge on any atom is 0.322 e. The molecule has 8 heteroatoms. The molecule has 0 bridgehead atoms. The third-order valence-electron chi connectivity index (χ3n) is 4.23. The van der Waals surface area contributed by atoms with Gasteiger partial charge in [0.25, 0.3) is 0 Å². The summed E-state index contributed by atoms with van der Waals surface area (Å²) in [6.07, 6.45) is 0. The minimum absolute atomic E-state index is 0.101. The molecule has 3 aromatic rings. The number of thiazole rings is 1. The minimum Gasteiger partial charge on any atom is -0.319 e. The van der Waals surface area contributed by atoms with Gasteiger partial charge in [-0.3, -0.25) is 5.10 Å². The Bertz CT molecular complexity index is 914. The maximum atomic E-state index is 12.6. The molecule has 3 rings (SSSR count). The molecule has 1 aromatic carbocycles. The number of aryl methyl sites for hydroxylation is 3. The van der Waals surface area contributed by atoms with Crippen LogP contribution in [-0.4, -0.2) is 38.1 Å². The summed E-state index contributed by atoms with van der Waals surface area (Å²) in [5, 5.41) is 10.9. The van der Waals surface area contributed by atoms with Gasteiger partial charge < -0.3 is 10.2 Å². The summed E-state index contributed by atoms with van der Waals surface area (Å²) in [7, 11) is 1.78. The van der Waals surface area contributed by atoms with Crippen LogP contribution >= 0.6 is 11.3 Å². The number of urea groups is 1. The lowest BCUT2D eigenvalue weighted by molar-refractivity contribution is 0.207. The van der Waals surface area contributed by atoms with E-state index in [1.165, 1.54) is 0 Å². The van der Waals surface area contributed by atoms with Gasteiger partial charge in [-0.25, -0.2) is 14.8 Å². The largest absolute Gasteiger partial charge is 0.322 e. The van der Waals surface area contributed by atoms with E-state index in [-0.39, 0.29) is 12.1 Å². The fourth-order valence-electron chi connectivity index (χ4n) is 2.68. The van der Waals surface area contributed by atoms with Gasteiger partial charge in [0.05, 0.1) is 16.7 Å². The van der Waals surface area contributed by atoms with Crippen LogP contribution in [0.2, 0.25) is 0 Å². The van der Waals surface area contributed by atoms with Crippen LogP contribution in [0.3, 0.4) is 0 Å². The fraction of sp³-hybridized carbons (Fsp3) is 0.333. The van der Waals surface area contributed by atoms with Gasteiger partial charge in [0.2, 0.25) is 0 Å². The van der Waals surface area contributed by atoms with E-state index < -0.39 is 0 Å². The predicted molar refractivity (Wildman–Crippen MR) is 103 cm³/mol. The molecule has 7 nitrogen and oxygen atoms in total. The quantitative estimate of drug-likeness (QED) is 0.724. The summed E-state index contributed by atoms with van der Waals surface area (Å²) in [4.78, 5) is 24.2. The average Bonchev–Trinajstić information content (AvgIpc) is 3.19. The summed E-state index contributed by atoms with van der Waals surface area (Å²) in [5.74, 6) is 1.40. The molecule has 2 aromatic heterocycles. The maximum absolute atomic E-state index is 12.6. The zero-order valence-corrected chi connectivity index (χ0v) is 16.3. The number of amides is 2. The molecule has 2 N–H and O–H groups in total. The lowest BCUT2D eigenvalue weighted by atomic mass is 10.2.